The Labute approximate surface area is 177 Å². The lowest BCUT2D eigenvalue weighted by Crippen LogP contribution is -2.61. The van der Waals surface area contributed by atoms with Crippen molar-refractivity contribution in [3.63, 3.8) is 0 Å². The van der Waals surface area contributed by atoms with Crippen LogP contribution in [0.1, 0.15) is 6.92 Å². The highest BCUT2D eigenvalue weighted by molar-refractivity contribution is 7.99. The number of thioether (sulfide) groups is 1. The van der Waals surface area contributed by atoms with Crippen molar-refractivity contribution in [2.45, 2.75) is 11.9 Å². The Morgan fingerprint density at radius 1 is 1.21 bits per heavy atom. The fourth-order valence-corrected chi connectivity index (χ4v) is 5.69. The third kappa shape index (κ3) is 4.24. The van der Waals surface area contributed by atoms with Gasteiger partial charge in [-0.05, 0) is 5.75 Å². The molecule has 2 saturated heterocycles. The zero-order valence-electron chi connectivity index (χ0n) is 16.7. The lowest BCUT2D eigenvalue weighted by Gasteiger charge is -2.39. The van der Waals surface area contributed by atoms with E-state index in [1.165, 1.54) is 0 Å². The number of rotatable bonds is 6. The van der Waals surface area contributed by atoms with Crippen molar-refractivity contribution in [2.75, 3.05) is 74.6 Å². The molecule has 0 radical (unpaired) electrons. The molecule has 4 rings (SSSR count). The van der Waals surface area contributed by atoms with E-state index in [0.29, 0.717) is 35.6 Å². The predicted octanol–water partition coefficient (Wildman–Crippen LogP) is 0.00330. The van der Waals surface area contributed by atoms with Crippen molar-refractivity contribution < 1.29 is 9.32 Å². The number of hydrogen-bond donors (Lipinski definition) is 2. The first kappa shape index (κ1) is 20.9. The Morgan fingerprint density at radius 3 is 2.66 bits per heavy atom. The average Bonchev–Trinajstić information content (AvgIpc) is 2.75. The maximum Gasteiger partial charge on any atom is 0.331 e. The van der Waals surface area contributed by atoms with Gasteiger partial charge in [-0.1, -0.05) is 6.92 Å². The van der Waals surface area contributed by atoms with Gasteiger partial charge in [-0.25, -0.2) is 9.97 Å². The van der Waals surface area contributed by atoms with Gasteiger partial charge in [0.1, 0.15) is 28.9 Å². The number of piperazine rings is 1. The highest BCUT2D eigenvalue weighted by Gasteiger charge is 2.37. The minimum Gasteiger partial charge on any atom is -0.390 e. The second-order valence-electron chi connectivity index (χ2n) is 7.28. The second kappa shape index (κ2) is 9.17. The van der Waals surface area contributed by atoms with Gasteiger partial charge in [-0.2, -0.15) is 9.97 Å². The fourth-order valence-electron chi connectivity index (χ4n) is 3.96. The minimum atomic E-state index is -0.764. The number of nitrogens with one attached hydrogen (secondary N) is 1. The van der Waals surface area contributed by atoms with E-state index in [4.69, 9.17) is 9.97 Å². The van der Waals surface area contributed by atoms with Gasteiger partial charge >= 0.3 is 5.95 Å². The van der Waals surface area contributed by atoms with Crippen molar-refractivity contribution in [2.24, 2.45) is 0 Å². The molecule has 9 nitrogen and oxygen atoms in total. The molecule has 0 unspecified atom stereocenters. The van der Waals surface area contributed by atoms with Crippen molar-refractivity contribution >= 4 is 45.4 Å². The van der Waals surface area contributed by atoms with E-state index in [2.05, 4.69) is 27.1 Å². The first-order chi connectivity index (χ1) is 14.2. The van der Waals surface area contributed by atoms with Gasteiger partial charge in [0.25, 0.3) is 0 Å². The number of quaternary nitrogens is 1. The highest BCUT2D eigenvalue weighted by atomic mass is 32.2. The summed E-state index contributed by atoms with van der Waals surface area (Å²) in [6, 6.07) is 0. The van der Waals surface area contributed by atoms with E-state index >= 15 is 0 Å². The van der Waals surface area contributed by atoms with Crippen LogP contribution in [0.5, 0.6) is 0 Å². The maximum absolute atomic E-state index is 11.9. The predicted molar refractivity (Wildman–Crippen MR) is 118 cm³/mol. The molecule has 2 fully saturated rings. The quantitative estimate of drug-likeness (QED) is 0.366. The summed E-state index contributed by atoms with van der Waals surface area (Å²) in [7, 11) is -0.764. The van der Waals surface area contributed by atoms with Crippen LogP contribution in [-0.4, -0.2) is 98.9 Å². The molecule has 2 aliphatic rings. The highest BCUT2D eigenvalue weighted by Crippen LogP contribution is 2.32. The first-order valence-electron chi connectivity index (χ1n) is 10.1. The maximum atomic E-state index is 11.9. The third-order valence-corrected chi connectivity index (χ3v) is 7.70. The van der Waals surface area contributed by atoms with Crippen molar-refractivity contribution in [3.05, 3.63) is 6.33 Å². The smallest absolute Gasteiger partial charge is 0.331 e. The van der Waals surface area contributed by atoms with E-state index in [1.807, 2.05) is 0 Å². The average molecular weight is 439 g/mol. The van der Waals surface area contributed by atoms with Crippen LogP contribution in [0.2, 0.25) is 0 Å². The number of aliphatic hydroxyl groups excluding tert-OH is 1. The molecular weight excluding hydrogens is 410 g/mol. The minimum absolute atomic E-state index is 0.0846. The van der Waals surface area contributed by atoms with Crippen LogP contribution in [0.25, 0.3) is 11.0 Å². The summed E-state index contributed by atoms with van der Waals surface area (Å²) in [5.41, 5.74) is 1.53. The normalized spacial score (nSPS) is 20.3. The van der Waals surface area contributed by atoms with Crippen molar-refractivity contribution in [1.29, 1.82) is 0 Å². The summed E-state index contributed by atoms with van der Waals surface area (Å²) in [5.74, 6) is 3.70. The van der Waals surface area contributed by atoms with Gasteiger partial charge in [0, 0.05) is 48.5 Å². The van der Waals surface area contributed by atoms with Crippen LogP contribution in [0.3, 0.4) is 0 Å². The van der Waals surface area contributed by atoms with E-state index in [-0.39, 0.29) is 6.61 Å². The monoisotopic (exact) mass is 438 g/mol. The number of anilines is 1. The Hall–Kier alpha value is -1.40. The molecule has 2 aliphatic heterocycles. The van der Waals surface area contributed by atoms with Gasteiger partial charge in [-0.3, -0.25) is 8.69 Å². The van der Waals surface area contributed by atoms with E-state index < -0.39 is 10.8 Å². The number of fused-ring (bicyclic) bond motifs is 1. The van der Waals surface area contributed by atoms with Crippen LogP contribution in [-0.2, 0) is 10.8 Å². The summed E-state index contributed by atoms with van der Waals surface area (Å²) < 4.78 is 12.4. The number of hydrogen-bond acceptors (Lipinski definition) is 9. The van der Waals surface area contributed by atoms with E-state index in [1.54, 1.807) is 18.1 Å². The van der Waals surface area contributed by atoms with Gasteiger partial charge in [0.05, 0.1) is 19.7 Å². The Balaban J connectivity index is 1.88. The number of nitrogens with zero attached hydrogens (tertiary/aromatic N) is 6. The molecule has 2 aromatic rings. The van der Waals surface area contributed by atoms with Gasteiger partial charge in [-0.15, -0.1) is 11.8 Å². The molecule has 0 aliphatic carbocycles. The van der Waals surface area contributed by atoms with Gasteiger partial charge in [0.15, 0.2) is 5.82 Å². The molecule has 0 spiro atoms. The van der Waals surface area contributed by atoms with E-state index in [0.717, 1.165) is 59.8 Å². The molecule has 0 bridgehead atoms. The first-order valence-corrected chi connectivity index (χ1v) is 12.6. The van der Waals surface area contributed by atoms with E-state index in [9.17, 15) is 9.32 Å². The standard InChI is InChI=1S/C18H28N7O2S2/c1-2-28-17-15-14(20-13-21-17)16(24-5-11-29(27)12-6-24)23-18(22-15)25(9-10-26)7-3-19-4-8-25/h13,19,26H,2-12H2,1H3/q+1. The lowest BCUT2D eigenvalue weighted by molar-refractivity contribution is 0.174. The van der Waals surface area contributed by atoms with Crippen LogP contribution < -0.4 is 14.7 Å². The van der Waals surface area contributed by atoms with Crippen LogP contribution in [0, 0.1) is 0 Å². The molecule has 0 aromatic carbocycles. The lowest BCUT2D eigenvalue weighted by atomic mass is 10.2. The van der Waals surface area contributed by atoms with Crippen molar-refractivity contribution in [1.82, 2.24) is 29.7 Å². The summed E-state index contributed by atoms with van der Waals surface area (Å²) >= 11 is 1.65. The second-order valence-corrected chi connectivity index (χ2v) is 10.2. The van der Waals surface area contributed by atoms with Crippen LogP contribution >= 0.6 is 11.8 Å². The summed E-state index contributed by atoms with van der Waals surface area (Å²) in [5, 5.41) is 14.0. The van der Waals surface area contributed by atoms with Crippen LogP contribution in [0.15, 0.2) is 11.4 Å². The molecule has 0 atom stereocenters. The van der Waals surface area contributed by atoms with Crippen molar-refractivity contribution in [3.8, 4) is 0 Å². The molecule has 11 heteroatoms. The molecule has 29 heavy (non-hydrogen) atoms. The largest absolute Gasteiger partial charge is 0.390 e. The molecule has 158 valence electrons. The Morgan fingerprint density at radius 2 is 1.97 bits per heavy atom. The molecule has 4 heterocycles. The molecule has 2 aromatic heterocycles. The number of aromatic nitrogens is 4. The summed E-state index contributed by atoms with van der Waals surface area (Å²) in [6.07, 6.45) is 1.58. The zero-order valence-corrected chi connectivity index (χ0v) is 18.3. The summed E-state index contributed by atoms with van der Waals surface area (Å²) in [6.45, 7) is 7.54. The zero-order chi connectivity index (χ0) is 20.3. The Kier molecular flexibility index (Phi) is 6.60. The molecule has 2 N–H and O–H groups in total. The van der Waals surface area contributed by atoms with Crippen LogP contribution in [0.4, 0.5) is 11.8 Å². The van der Waals surface area contributed by atoms with Gasteiger partial charge < -0.3 is 15.3 Å². The molecular formula is C18H28N7O2S2+. The topological polar surface area (TPSA) is 104 Å². The summed E-state index contributed by atoms with van der Waals surface area (Å²) in [4.78, 5) is 21.2. The SMILES string of the molecule is CCSc1ncnc2c(N3CCS(=O)CC3)nc([N+]3(CCO)CCNCC3)nc12. The third-order valence-electron chi connectivity index (χ3n) is 5.56. The van der Waals surface area contributed by atoms with Gasteiger partial charge in [0.2, 0.25) is 0 Å². The molecule has 0 saturated carbocycles. The number of aliphatic hydroxyl groups is 1. The fraction of sp³-hybridized carbons (Fsp3) is 0.667. The molecule has 0 amide bonds. The Bertz CT molecular complexity index is 876.